The van der Waals surface area contributed by atoms with E-state index in [4.69, 9.17) is 11.6 Å². The highest BCUT2D eigenvalue weighted by Gasteiger charge is 2.13. The molecule has 0 aliphatic carbocycles. The van der Waals surface area contributed by atoms with Crippen LogP contribution in [0.4, 0.5) is 0 Å². The zero-order valence-electron chi connectivity index (χ0n) is 9.04. The number of carbonyl (C=O) groups is 1. The molecule has 0 saturated heterocycles. The molecule has 0 bridgehead atoms. The number of carbonyl (C=O) groups excluding carboxylic acids is 1. The molecule has 2 aromatic heterocycles. The van der Waals surface area contributed by atoms with Crippen molar-refractivity contribution in [3.63, 3.8) is 0 Å². The first-order valence-corrected chi connectivity index (χ1v) is 7.19. The third-order valence-electron chi connectivity index (χ3n) is 2.39. The Hall–Kier alpha value is -1.30. The van der Waals surface area contributed by atoms with E-state index in [1.165, 1.54) is 23.1 Å². The molecule has 0 amide bonds. The summed E-state index contributed by atoms with van der Waals surface area (Å²) in [7, 11) is 0. The minimum absolute atomic E-state index is 0.580. The Morgan fingerprint density at radius 1 is 1.44 bits per heavy atom. The molecular weight excluding hydrogens is 288 g/mol. The molecule has 0 N–H and O–H groups in total. The number of fused-ring (bicyclic) bond motifs is 1. The summed E-state index contributed by atoms with van der Waals surface area (Å²) >= 11 is 8.88. The summed E-state index contributed by atoms with van der Waals surface area (Å²) in [4.78, 5) is 17.4. The smallest absolute Gasteiger partial charge is 0.195 e. The fraction of sp³-hybridized carbons (Fsp3) is 0. The first-order valence-electron chi connectivity index (χ1n) is 5.12. The van der Waals surface area contributed by atoms with Crippen LogP contribution in [-0.2, 0) is 0 Å². The van der Waals surface area contributed by atoms with Gasteiger partial charge in [0, 0.05) is 21.5 Å². The number of aromatic nitrogens is 2. The highest BCUT2D eigenvalue weighted by atomic mass is 35.5. The standard InChI is InChI=1S/C12H7ClN2OS2/c13-8-2-1-3-9(6-8)18-11-10(7-16)15-4-5-17-12(15)14-11/h1-7H. The normalized spacial score (nSPS) is 10.9. The van der Waals surface area contributed by atoms with Crippen molar-refractivity contribution in [3.05, 3.63) is 46.6 Å². The number of halogens is 1. The van der Waals surface area contributed by atoms with Gasteiger partial charge in [-0.1, -0.05) is 29.4 Å². The van der Waals surface area contributed by atoms with Crippen LogP contribution in [0.25, 0.3) is 4.96 Å². The molecule has 0 atom stereocenters. The molecule has 6 heteroatoms. The van der Waals surface area contributed by atoms with E-state index < -0.39 is 0 Å². The summed E-state index contributed by atoms with van der Waals surface area (Å²) in [5, 5.41) is 3.29. The molecule has 0 radical (unpaired) electrons. The molecule has 0 aliphatic heterocycles. The number of hydrogen-bond donors (Lipinski definition) is 0. The van der Waals surface area contributed by atoms with E-state index in [1.54, 1.807) is 4.40 Å². The van der Waals surface area contributed by atoms with Crippen molar-refractivity contribution < 1.29 is 4.79 Å². The van der Waals surface area contributed by atoms with Gasteiger partial charge in [-0.3, -0.25) is 9.20 Å². The van der Waals surface area contributed by atoms with Crippen molar-refractivity contribution >= 4 is 45.9 Å². The van der Waals surface area contributed by atoms with Gasteiger partial charge in [0.15, 0.2) is 11.2 Å². The highest BCUT2D eigenvalue weighted by molar-refractivity contribution is 7.99. The van der Waals surface area contributed by atoms with Crippen LogP contribution in [0, 0.1) is 0 Å². The third-order valence-corrected chi connectivity index (χ3v) is 4.36. The number of hydrogen-bond acceptors (Lipinski definition) is 4. The van der Waals surface area contributed by atoms with Gasteiger partial charge in [-0.25, -0.2) is 4.98 Å². The zero-order chi connectivity index (χ0) is 12.5. The fourth-order valence-electron chi connectivity index (χ4n) is 1.61. The molecule has 0 aliphatic rings. The molecule has 90 valence electrons. The van der Waals surface area contributed by atoms with Crippen LogP contribution in [0.2, 0.25) is 5.02 Å². The Kier molecular flexibility index (Phi) is 3.11. The minimum Gasteiger partial charge on any atom is -0.296 e. The summed E-state index contributed by atoms with van der Waals surface area (Å²) in [5.41, 5.74) is 0.580. The molecular formula is C12H7ClN2OS2. The third kappa shape index (κ3) is 2.05. The lowest BCUT2D eigenvalue weighted by Gasteiger charge is -1.99. The minimum atomic E-state index is 0.580. The van der Waals surface area contributed by atoms with Gasteiger partial charge in [0.1, 0.15) is 10.7 Å². The van der Waals surface area contributed by atoms with E-state index in [9.17, 15) is 4.79 Å². The summed E-state index contributed by atoms with van der Waals surface area (Å²) in [6.45, 7) is 0. The van der Waals surface area contributed by atoms with Gasteiger partial charge < -0.3 is 0 Å². The average molecular weight is 295 g/mol. The Bertz CT molecular complexity index is 720. The fourth-order valence-corrected chi connectivity index (χ4v) is 3.58. The number of nitrogens with zero attached hydrogens (tertiary/aromatic N) is 2. The van der Waals surface area contributed by atoms with E-state index in [2.05, 4.69) is 4.98 Å². The van der Waals surface area contributed by atoms with Crippen molar-refractivity contribution in [3.8, 4) is 0 Å². The van der Waals surface area contributed by atoms with Crippen LogP contribution in [0.1, 0.15) is 10.5 Å². The monoisotopic (exact) mass is 294 g/mol. The van der Waals surface area contributed by atoms with Crippen LogP contribution in [0.5, 0.6) is 0 Å². The predicted molar refractivity (Wildman–Crippen MR) is 74.0 cm³/mol. The highest BCUT2D eigenvalue weighted by Crippen LogP contribution is 2.32. The van der Waals surface area contributed by atoms with Gasteiger partial charge in [0.2, 0.25) is 0 Å². The van der Waals surface area contributed by atoms with Gasteiger partial charge in [0.25, 0.3) is 0 Å². The first kappa shape index (κ1) is 11.8. The van der Waals surface area contributed by atoms with E-state index in [0.29, 0.717) is 15.7 Å². The molecule has 2 heterocycles. The number of aldehydes is 1. The van der Waals surface area contributed by atoms with Gasteiger partial charge in [-0.15, -0.1) is 11.3 Å². The van der Waals surface area contributed by atoms with Crippen molar-refractivity contribution in [2.45, 2.75) is 9.92 Å². The van der Waals surface area contributed by atoms with E-state index in [0.717, 1.165) is 16.1 Å². The van der Waals surface area contributed by atoms with Crippen LogP contribution in [0.3, 0.4) is 0 Å². The SMILES string of the molecule is O=Cc1c(Sc2cccc(Cl)c2)nc2sccn12. The maximum absolute atomic E-state index is 11.2. The molecule has 0 saturated carbocycles. The number of thiazole rings is 1. The second-order valence-electron chi connectivity index (χ2n) is 3.54. The van der Waals surface area contributed by atoms with Crippen molar-refractivity contribution in [1.29, 1.82) is 0 Å². The summed E-state index contributed by atoms with van der Waals surface area (Å²) in [6, 6.07) is 7.49. The first-order chi connectivity index (χ1) is 8.78. The maximum Gasteiger partial charge on any atom is 0.195 e. The van der Waals surface area contributed by atoms with Crippen LogP contribution in [-0.4, -0.2) is 15.7 Å². The van der Waals surface area contributed by atoms with E-state index in [1.807, 2.05) is 35.8 Å². The van der Waals surface area contributed by atoms with Gasteiger partial charge >= 0.3 is 0 Å². The topological polar surface area (TPSA) is 34.4 Å². The molecule has 18 heavy (non-hydrogen) atoms. The van der Waals surface area contributed by atoms with Crippen molar-refractivity contribution in [2.75, 3.05) is 0 Å². The Morgan fingerprint density at radius 2 is 2.33 bits per heavy atom. The molecule has 0 unspecified atom stereocenters. The molecule has 3 aromatic rings. The van der Waals surface area contributed by atoms with Crippen molar-refractivity contribution in [2.24, 2.45) is 0 Å². The molecule has 3 rings (SSSR count). The van der Waals surface area contributed by atoms with Gasteiger partial charge in [-0.05, 0) is 18.2 Å². The second-order valence-corrected chi connectivity index (χ2v) is 5.91. The lowest BCUT2D eigenvalue weighted by molar-refractivity contribution is 0.111. The predicted octanol–water partition coefficient (Wildman–Crippen LogP) is 4.01. The summed E-state index contributed by atoms with van der Waals surface area (Å²) in [5.74, 6) is 0. The van der Waals surface area contributed by atoms with Gasteiger partial charge in [0.05, 0.1) is 0 Å². The van der Waals surface area contributed by atoms with E-state index >= 15 is 0 Å². The Labute approximate surface area is 116 Å². The summed E-state index contributed by atoms with van der Waals surface area (Å²) in [6.07, 6.45) is 2.68. The maximum atomic E-state index is 11.2. The van der Waals surface area contributed by atoms with Crippen LogP contribution >= 0.6 is 34.7 Å². The van der Waals surface area contributed by atoms with Crippen LogP contribution in [0.15, 0.2) is 45.8 Å². The summed E-state index contributed by atoms with van der Waals surface area (Å²) < 4.78 is 1.80. The lowest BCUT2D eigenvalue weighted by atomic mass is 10.4. The van der Waals surface area contributed by atoms with E-state index in [-0.39, 0.29) is 0 Å². The van der Waals surface area contributed by atoms with Crippen molar-refractivity contribution in [1.82, 2.24) is 9.38 Å². The van der Waals surface area contributed by atoms with Crippen LogP contribution < -0.4 is 0 Å². The number of benzene rings is 1. The molecule has 1 aromatic carbocycles. The Morgan fingerprint density at radius 3 is 3.11 bits per heavy atom. The number of rotatable bonds is 3. The Balaban J connectivity index is 2.04. The molecule has 0 fully saturated rings. The largest absolute Gasteiger partial charge is 0.296 e. The quantitative estimate of drug-likeness (QED) is 0.684. The number of imidazole rings is 1. The zero-order valence-corrected chi connectivity index (χ0v) is 11.4. The lowest BCUT2D eigenvalue weighted by Crippen LogP contribution is -1.88. The average Bonchev–Trinajstić information content (AvgIpc) is 2.89. The molecule has 3 nitrogen and oxygen atoms in total. The van der Waals surface area contributed by atoms with Gasteiger partial charge in [-0.2, -0.15) is 0 Å². The molecule has 0 spiro atoms. The second kappa shape index (κ2) is 4.76.